The third-order valence-electron chi connectivity index (χ3n) is 6.54. The number of allylic oxidation sites excluding steroid dienone is 2. The third-order valence-corrected chi connectivity index (χ3v) is 7.38. The molecule has 1 saturated carbocycles. The summed E-state index contributed by atoms with van der Waals surface area (Å²) in [7, 11) is 0. The Morgan fingerprint density at radius 2 is 1.90 bits per heavy atom. The fourth-order valence-corrected chi connectivity index (χ4v) is 5.49. The highest BCUT2D eigenvalue weighted by atomic mass is 32.1. The van der Waals surface area contributed by atoms with Gasteiger partial charge in [0.25, 0.3) is 0 Å². The van der Waals surface area contributed by atoms with Crippen LogP contribution in [-0.4, -0.2) is 30.9 Å². The minimum atomic E-state index is -0.409. The Bertz CT molecular complexity index is 882. The summed E-state index contributed by atoms with van der Waals surface area (Å²) in [6, 6.07) is 2.30. The van der Waals surface area contributed by atoms with E-state index in [9.17, 15) is 4.79 Å². The van der Waals surface area contributed by atoms with E-state index in [1.165, 1.54) is 5.57 Å². The fraction of sp³-hybridized carbons (Fsp3) is 0.654. The Hall–Kier alpha value is -1.61. The zero-order chi connectivity index (χ0) is 22.1. The van der Waals surface area contributed by atoms with Crippen molar-refractivity contribution in [3.63, 3.8) is 0 Å². The average molecular weight is 442 g/mol. The molecule has 0 unspecified atom stereocenters. The van der Waals surface area contributed by atoms with Crippen LogP contribution in [0.4, 0.5) is 5.69 Å². The van der Waals surface area contributed by atoms with Gasteiger partial charge in [0, 0.05) is 35.6 Å². The molecule has 31 heavy (non-hydrogen) atoms. The van der Waals surface area contributed by atoms with Crippen molar-refractivity contribution in [1.82, 2.24) is 0 Å². The van der Waals surface area contributed by atoms with Crippen molar-refractivity contribution in [3.8, 4) is 11.8 Å². The van der Waals surface area contributed by atoms with Gasteiger partial charge >= 0.3 is 0 Å². The van der Waals surface area contributed by atoms with Crippen LogP contribution in [0.2, 0.25) is 0 Å². The number of amides is 1. The number of rotatable bonds is 3. The Balaban J connectivity index is 1.56. The highest BCUT2D eigenvalue weighted by Gasteiger charge is 2.43. The Morgan fingerprint density at radius 1 is 1.19 bits per heavy atom. The lowest BCUT2D eigenvalue weighted by Crippen LogP contribution is -2.48. The maximum atomic E-state index is 13.7. The third kappa shape index (κ3) is 5.42. The Labute approximate surface area is 191 Å². The normalized spacial score (nSPS) is 23.9. The number of hydrogen-bond acceptors (Lipinski definition) is 4. The van der Waals surface area contributed by atoms with Gasteiger partial charge in [0.15, 0.2) is 5.79 Å². The largest absolute Gasteiger partial charge is 0.348 e. The second kappa shape index (κ2) is 9.10. The van der Waals surface area contributed by atoms with Crippen molar-refractivity contribution in [3.05, 3.63) is 28.0 Å². The maximum absolute atomic E-state index is 13.7. The number of carbonyl (C=O) groups is 1. The molecule has 5 heteroatoms. The van der Waals surface area contributed by atoms with Crippen LogP contribution in [0.3, 0.4) is 0 Å². The second-order valence-electron chi connectivity index (χ2n) is 10.2. The summed E-state index contributed by atoms with van der Waals surface area (Å²) < 4.78 is 11.8. The molecule has 1 aliphatic heterocycles. The van der Waals surface area contributed by atoms with Gasteiger partial charge in [-0.2, -0.15) is 0 Å². The van der Waals surface area contributed by atoms with Crippen molar-refractivity contribution >= 4 is 22.9 Å². The number of hydrogen-bond donors (Lipinski definition) is 0. The molecule has 3 aliphatic rings. The van der Waals surface area contributed by atoms with Gasteiger partial charge in [0.2, 0.25) is 5.91 Å². The Kier molecular flexibility index (Phi) is 6.62. The van der Waals surface area contributed by atoms with Crippen molar-refractivity contribution in [1.29, 1.82) is 0 Å². The predicted octanol–water partition coefficient (Wildman–Crippen LogP) is 5.91. The lowest BCUT2D eigenvalue weighted by molar-refractivity contribution is -0.179. The molecule has 2 heterocycles. The molecular formula is C26H35NO3S. The first-order valence-electron chi connectivity index (χ1n) is 11.6. The van der Waals surface area contributed by atoms with Gasteiger partial charge in [-0.25, -0.2) is 0 Å². The first kappa shape index (κ1) is 22.6. The van der Waals surface area contributed by atoms with E-state index < -0.39 is 5.79 Å². The van der Waals surface area contributed by atoms with E-state index in [0.29, 0.717) is 13.2 Å². The molecule has 1 aromatic rings. The summed E-state index contributed by atoms with van der Waals surface area (Å²) in [5.74, 6) is 6.56. The number of ether oxygens (including phenoxy) is 2. The monoisotopic (exact) mass is 441 g/mol. The molecule has 1 aromatic heterocycles. The molecule has 2 aliphatic carbocycles. The summed E-state index contributed by atoms with van der Waals surface area (Å²) in [5.41, 5.74) is 2.37. The molecule has 4 nitrogen and oxygen atoms in total. The zero-order valence-corrected chi connectivity index (χ0v) is 20.1. The predicted molar refractivity (Wildman–Crippen MR) is 126 cm³/mol. The summed E-state index contributed by atoms with van der Waals surface area (Å²) in [6.45, 7) is 9.89. The van der Waals surface area contributed by atoms with Crippen LogP contribution in [0.1, 0.15) is 77.5 Å². The van der Waals surface area contributed by atoms with Gasteiger partial charge in [-0.3, -0.25) is 4.79 Å². The van der Waals surface area contributed by atoms with Crippen molar-refractivity contribution in [2.75, 3.05) is 18.1 Å². The van der Waals surface area contributed by atoms with E-state index in [4.69, 9.17) is 9.47 Å². The molecule has 0 aromatic carbocycles. The highest BCUT2D eigenvalue weighted by Crippen LogP contribution is 2.40. The topological polar surface area (TPSA) is 38.8 Å². The van der Waals surface area contributed by atoms with Crippen molar-refractivity contribution < 1.29 is 14.3 Å². The smallest absolute Gasteiger partial charge is 0.230 e. The lowest BCUT2D eigenvalue weighted by Gasteiger charge is -2.41. The molecule has 0 N–H and O–H groups in total. The van der Waals surface area contributed by atoms with Crippen LogP contribution >= 0.6 is 11.3 Å². The maximum Gasteiger partial charge on any atom is 0.230 e. The molecule has 1 saturated heterocycles. The van der Waals surface area contributed by atoms with E-state index >= 15 is 0 Å². The van der Waals surface area contributed by atoms with Crippen molar-refractivity contribution in [2.45, 2.75) is 84.5 Å². The SMILES string of the molecule is CC1=CC[C@H](C(=O)N(c2csc(C#CC(C)(C)C)c2)C2CCC3(CC2)OCCO3)CC1. The summed E-state index contributed by atoms with van der Waals surface area (Å²) in [6.07, 6.45) is 8.59. The summed E-state index contributed by atoms with van der Waals surface area (Å²) in [4.78, 5) is 16.9. The molecule has 1 spiro atoms. The minimum Gasteiger partial charge on any atom is -0.348 e. The van der Waals surface area contributed by atoms with Gasteiger partial charge < -0.3 is 14.4 Å². The molecule has 2 fully saturated rings. The van der Waals surface area contributed by atoms with E-state index in [-0.39, 0.29) is 23.3 Å². The number of anilines is 1. The van der Waals surface area contributed by atoms with Crippen LogP contribution in [-0.2, 0) is 14.3 Å². The number of nitrogens with zero attached hydrogens (tertiary/aromatic N) is 1. The van der Waals surface area contributed by atoms with Gasteiger partial charge in [-0.15, -0.1) is 11.3 Å². The van der Waals surface area contributed by atoms with Crippen LogP contribution in [0.15, 0.2) is 23.1 Å². The first-order valence-corrected chi connectivity index (χ1v) is 12.5. The van der Waals surface area contributed by atoms with Crippen LogP contribution in [0.5, 0.6) is 0 Å². The van der Waals surface area contributed by atoms with E-state index in [1.807, 2.05) is 0 Å². The summed E-state index contributed by atoms with van der Waals surface area (Å²) >= 11 is 1.64. The van der Waals surface area contributed by atoms with Crippen LogP contribution in [0, 0.1) is 23.2 Å². The summed E-state index contributed by atoms with van der Waals surface area (Å²) in [5, 5.41) is 2.11. The molecule has 0 radical (unpaired) electrons. The van der Waals surface area contributed by atoms with E-state index in [0.717, 1.165) is 55.5 Å². The standard InChI is InChI=1S/C26H35NO3S/c1-19-5-7-20(8-6-19)24(28)27(21-9-13-26(14-10-21)29-15-16-30-26)22-17-23(31-18-22)11-12-25(2,3)4/h5,17-18,20-21H,6-10,13-16H2,1-4H3/t20-/m0/s1. The van der Waals surface area contributed by atoms with Crippen LogP contribution in [0.25, 0.3) is 0 Å². The second-order valence-corrected chi connectivity index (χ2v) is 11.1. The molecular weight excluding hydrogens is 406 g/mol. The molecule has 1 amide bonds. The first-order chi connectivity index (χ1) is 14.7. The molecule has 168 valence electrons. The fourth-order valence-electron chi connectivity index (χ4n) is 4.76. The van der Waals surface area contributed by atoms with E-state index in [1.54, 1.807) is 11.3 Å². The zero-order valence-electron chi connectivity index (χ0n) is 19.3. The van der Waals surface area contributed by atoms with Gasteiger partial charge in [-0.05, 0) is 65.9 Å². The van der Waals surface area contributed by atoms with Gasteiger partial charge in [0.05, 0.1) is 23.8 Å². The highest BCUT2D eigenvalue weighted by molar-refractivity contribution is 7.11. The average Bonchev–Trinajstić information content (AvgIpc) is 3.38. The number of carbonyl (C=O) groups excluding carboxylic acids is 1. The Morgan fingerprint density at radius 3 is 2.52 bits per heavy atom. The van der Waals surface area contributed by atoms with Crippen LogP contribution < -0.4 is 4.90 Å². The lowest BCUT2D eigenvalue weighted by atomic mass is 9.85. The molecule has 4 rings (SSSR count). The van der Waals surface area contributed by atoms with E-state index in [2.05, 4.69) is 62.0 Å². The quantitative estimate of drug-likeness (QED) is 0.432. The van der Waals surface area contributed by atoms with Gasteiger partial charge in [0.1, 0.15) is 0 Å². The molecule has 1 atom stereocenters. The molecule has 0 bridgehead atoms. The number of thiophene rings is 1. The van der Waals surface area contributed by atoms with Gasteiger partial charge in [-0.1, -0.05) is 23.5 Å². The van der Waals surface area contributed by atoms with Crippen molar-refractivity contribution in [2.24, 2.45) is 11.3 Å². The minimum absolute atomic E-state index is 0.0368.